The van der Waals surface area contributed by atoms with E-state index in [0.29, 0.717) is 17.1 Å². The van der Waals surface area contributed by atoms with Gasteiger partial charge in [-0.1, -0.05) is 0 Å². The van der Waals surface area contributed by atoms with E-state index in [2.05, 4.69) is 10.3 Å². The maximum atomic E-state index is 11.7. The summed E-state index contributed by atoms with van der Waals surface area (Å²) in [6.07, 6.45) is 1.32. The van der Waals surface area contributed by atoms with Crippen molar-refractivity contribution in [3.05, 3.63) is 47.7 Å². The molecule has 18 heavy (non-hydrogen) atoms. The second kappa shape index (κ2) is 5.12. The van der Waals surface area contributed by atoms with Gasteiger partial charge in [0.05, 0.1) is 24.4 Å². The van der Waals surface area contributed by atoms with Gasteiger partial charge < -0.3 is 15.5 Å². The number of oxazole rings is 1. The number of nitrogens with zero attached hydrogens (tertiary/aromatic N) is 2. The molecular weight excluding hydrogens is 232 g/mol. The number of anilines is 1. The highest BCUT2D eigenvalue weighted by Crippen LogP contribution is 2.11. The molecule has 0 aliphatic heterocycles. The predicted molar refractivity (Wildman–Crippen MR) is 63.5 cm³/mol. The molecule has 0 atom stereocenters. The molecule has 2 rings (SSSR count). The number of rotatable bonds is 3. The Hall–Kier alpha value is -2.65. The van der Waals surface area contributed by atoms with Crippen molar-refractivity contribution >= 4 is 11.6 Å². The standard InChI is InChI=1S/C12H10N4O2/c13-5-8-1-3-9(4-2-8)16-12(17)10-7-15-11(6-14)18-10/h1-4,7H,6,14H2,(H,16,17). The molecule has 0 radical (unpaired) electrons. The molecule has 6 nitrogen and oxygen atoms in total. The molecule has 3 N–H and O–H groups in total. The van der Waals surface area contributed by atoms with Crippen LogP contribution in [-0.4, -0.2) is 10.9 Å². The molecule has 0 saturated heterocycles. The first-order chi connectivity index (χ1) is 8.72. The lowest BCUT2D eigenvalue weighted by atomic mass is 10.2. The Balaban J connectivity index is 2.08. The molecule has 1 heterocycles. The third-order valence-corrected chi connectivity index (χ3v) is 2.22. The quantitative estimate of drug-likeness (QED) is 0.842. The normalized spacial score (nSPS) is 9.78. The Bertz CT molecular complexity index is 595. The highest BCUT2D eigenvalue weighted by atomic mass is 16.4. The summed E-state index contributed by atoms with van der Waals surface area (Å²) >= 11 is 0. The first-order valence-electron chi connectivity index (χ1n) is 5.19. The van der Waals surface area contributed by atoms with E-state index in [1.807, 2.05) is 6.07 Å². The fraction of sp³-hybridized carbons (Fsp3) is 0.0833. The number of nitrogens with one attached hydrogen (secondary N) is 1. The number of nitriles is 1. The van der Waals surface area contributed by atoms with E-state index in [-0.39, 0.29) is 12.3 Å². The van der Waals surface area contributed by atoms with Crippen molar-refractivity contribution in [2.45, 2.75) is 6.54 Å². The number of hydrogen-bond donors (Lipinski definition) is 2. The number of nitrogens with two attached hydrogens (primary N) is 1. The molecule has 90 valence electrons. The van der Waals surface area contributed by atoms with E-state index in [4.69, 9.17) is 15.4 Å². The first-order valence-corrected chi connectivity index (χ1v) is 5.19. The van der Waals surface area contributed by atoms with Crippen molar-refractivity contribution in [2.24, 2.45) is 5.73 Å². The summed E-state index contributed by atoms with van der Waals surface area (Å²) in [4.78, 5) is 15.6. The topological polar surface area (TPSA) is 105 Å². The fourth-order valence-electron chi connectivity index (χ4n) is 1.33. The summed E-state index contributed by atoms with van der Waals surface area (Å²) in [6, 6.07) is 8.49. The lowest BCUT2D eigenvalue weighted by molar-refractivity contribution is 0.0995. The molecule has 0 aliphatic rings. The molecule has 6 heteroatoms. The molecule has 1 amide bonds. The van der Waals surface area contributed by atoms with Crippen molar-refractivity contribution < 1.29 is 9.21 Å². The van der Waals surface area contributed by atoms with Gasteiger partial charge in [-0.15, -0.1) is 0 Å². The Morgan fingerprint density at radius 3 is 2.72 bits per heavy atom. The lowest BCUT2D eigenvalue weighted by Crippen LogP contribution is -2.10. The SMILES string of the molecule is N#Cc1ccc(NC(=O)c2cnc(CN)o2)cc1. The molecule has 0 fully saturated rings. The summed E-state index contributed by atoms with van der Waals surface area (Å²) < 4.78 is 5.11. The highest BCUT2D eigenvalue weighted by Gasteiger charge is 2.11. The van der Waals surface area contributed by atoms with Crippen LogP contribution in [0.1, 0.15) is 22.0 Å². The largest absolute Gasteiger partial charge is 0.434 e. The Morgan fingerprint density at radius 2 is 2.17 bits per heavy atom. The minimum absolute atomic E-state index is 0.0970. The Kier molecular flexibility index (Phi) is 3.36. The fourth-order valence-corrected chi connectivity index (χ4v) is 1.33. The van der Waals surface area contributed by atoms with E-state index < -0.39 is 5.91 Å². The van der Waals surface area contributed by atoms with Gasteiger partial charge in [-0.25, -0.2) is 4.98 Å². The predicted octanol–water partition coefficient (Wildman–Crippen LogP) is 1.26. The highest BCUT2D eigenvalue weighted by molar-refractivity contribution is 6.02. The molecule has 1 aromatic heterocycles. The zero-order valence-corrected chi connectivity index (χ0v) is 9.38. The van der Waals surface area contributed by atoms with Crippen LogP contribution >= 0.6 is 0 Å². The zero-order chi connectivity index (χ0) is 13.0. The van der Waals surface area contributed by atoms with Crippen LogP contribution in [0.25, 0.3) is 0 Å². The molecule has 1 aromatic carbocycles. The number of carbonyl (C=O) groups excluding carboxylic acids is 1. The minimum Gasteiger partial charge on any atom is -0.434 e. The number of aromatic nitrogens is 1. The van der Waals surface area contributed by atoms with Gasteiger partial charge in [-0.2, -0.15) is 5.26 Å². The van der Waals surface area contributed by atoms with Gasteiger partial charge >= 0.3 is 0 Å². The van der Waals surface area contributed by atoms with E-state index >= 15 is 0 Å². The lowest BCUT2D eigenvalue weighted by Gasteiger charge is -2.02. The second-order valence-electron chi connectivity index (χ2n) is 3.47. The van der Waals surface area contributed by atoms with Gasteiger partial charge in [0, 0.05) is 5.69 Å². The van der Waals surface area contributed by atoms with Gasteiger partial charge in [0.2, 0.25) is 11.7 Å². The van der Waals surface area contributed by atoms with E-state index in [1.165, 1.54) is 6.20 Å². The van der Waals surface area contributed by atoms with Crippen LogP contribution in [-0.2, 0) is 6.54 Å². The van der Waals surface area contributed by atoms with Gasteiger partial charge in [0.15, 0.2) is 0 Å². The van der Waals surface area contributed by atoms with Crippen molar-refractivity contribution in [3.8, 4) is 6.07 Å². The number of carbonyl (C=O) groups is 1. The Morgan fingerprint density at radius 1 is 1.44 bits per heavy atom. The number of benzene rings is 1. The van der Waals surface area contributed by atoms with Crippen molar-refractivity contribution in [1.82, 2.24) is 4.98 Å². The van der Waals surface area contributed by atoms with Crippen LogP contribution in [0, 0.1) is 11.3 Å². The van der Waals surface area contributed by atoms with Crippen LogP contribution in [0.2, 0.25) is 0 Å². The van der Waals surface area contributed by atoms with Gasteiger partial charge in [-0.05, 0) is 24.3 Å². The molecule has 2 aromatic rings. The molecular formula is C12H10N4O2. The maximum Gasteiger partial charge on any atom is 0.293 e. The van der Waals surface area contributed by atoms with Crippen LogP contribution in [0.4, 0.5) is 5.69 Å². The molecule has 0 spiro atoms. The number of hydrogen-bond acceptors (Lipinski definition) is 5. The molecule has 0 saturated carbocycles. The van der Waals surface area contributed by atoms with Crippen LogP contribution < -0.4 is 11.1 Å². The summed E-state index contributed by atoms with van der Waals surface area (Å²) in [6.45, 7) is 0.143. The third-order valence-electron chi connectivity index (χ3n) is 2.22. The molecule has 0 unspecified atom stereocenters. The van der Waals surface area contributed by atoms with Gasteiger partial charge in [0.1, 0.15) is 0 Å². The van der Waals surface area contributed by atoms with E-state index in [0.717, 1.165) is 0 Å². The zero-order valence-electron chi connectivity index (χ0n) is 9.38. The van der Waals surface area contributed by atoms with Gasteiger partial charge in [0.25, 0.3) is 5.91 Å². The first kappa shape index (κ1) is 11.8. The minimum atomic E-state index is -0.410. The average Bonchev–Trinajstić information content (AvgIpc) is 2.88. The summed E-state index contributed by atoms with van der Waals surface area (Å²) in [7, 11) is 0. The summed E-state index contributed by atoms with van der Waals surface area (Å²) in [5.41, 5.74) is 6.43. The average molecular weight is 242 g/mol. The second-order valence-corrected chi connectivity index (χ2v) is 3.47. The van der Waals surface area contributed by atoms with Crippen molar-refractivity contribution in [2.75, 3.05) is 5.32 Å². The monoisotopic (exact) mass is 242 g/mol. The molecule has 0 aliphatic carbocycles. The van der Waals surface area contributed by atoms with Crippen LogP contribution in [0.3, 0.4) is 0 Å². The van der Waals surface area contributed by atoms with E-state index in [1.54, 1.807) is 24.3 Å². The van der Waals surface area contributed by atoms with Crippen LogP contribution in [0.5, 0.6) is 0 Å². The van der Waals surface area contributed by atoms with E-state index in [9.17, 15) is 4.79 Å². The molecule has 0 bridgehead atoms. The summed E-state index contributed by atoms with van der Waals surface area (Å²) in [5, 5.41) is 11.3. The van der Waals surface area contributed by atoms with Crippen LogP contribution in [0.15, 0.2) is 34.9 Å². The Labute approximate surface area is 103 Å². The van der Waals surface area contributed by atoms with Crippen molar-refractivity contribution in [3.63, 3.8) is 0 Å². The van der Waals surface area contributed by atoms with Crippen molar-refractivity contribution in [1.29, 1.82) is 5.26 Å². The van der Waals surface area contributed by atoms with Gasteiger partial charge in [-0.3, -0.25) is 4.79 Å². The smallest absolute Gasteiger partial charge is 0.293 e. The number of amides is 1. The summed E-state index contributed by atoms with van der Waals surface area (Å²) in [5.74, 6) is -0.00769. The third kappa shape index (κ3) is 2.53. The maximum absolute atomic E-state index is 11.7.